The topological polar surface area (TPSA) is 17.1 Å². The number of rotatable bonds is 4. The van der Waals surface area contributed by atoms with Crippen LogP contribution in [0.15, 0.2) is 24.3 Å². The smallest absolute Gasteiger partial charge is 0.153 e. The van der Waals surface area contributed by atoms with E-state index in [-0.39, 0.29) is 11.6 Å². The summed E-state index contributed by atoms with van der Waals surface area (Å²) in [7, 11) is 3.70. The standard InChI is InChI=1S/C10H12B2ClFO/c11-10(12,5-6-13)9(15)7-1-3-8(14)4-2-7/h1-4H,5-6,11-12H2. The van der Waals surface area contributed by atoms with Crippen LogP contribution >= 0.6 is 11.6 Å². The summed E-state index contributed by atoms with van der Waals surface area (Å²) in [4.78, 5) is 12.0. The van der Waals surface area contributed by atoms with E-state index in [4.69, 9.17) is 11.6 Å². The first-order chi connectivity index (χ1) is 6.97. The Labute approximate surface area is 95.8 Å². The van der Waals surface area contributed by atoms with Crippen LogP contribution in [0.4, 0.5) is 4.39 Å². The summed E-state index contributed by atoms with van der Waals surface area (Å²) >= 11 is 5.63. The maximum Gasteiger partial charge on any atom is 0.153 e. The van der Waals surface area contributed by atoms with Gasteiger partial charge in [-0.25, -0.2) is 4.39 Å². The molecule has 1 nitrogen and oxygen atoms in total. The predicted octanol–water partition coefficient (Wildman–Crippen LogP) is 1.02. The van der Waals surface area contributed by atoms with Crippen molar-refractivity contribution in [1.29, 1.82) is 0 Å². The molecule has 0 heterocycles. The molecule has 0 aliphatic heterocycles. The number of carbonyl (C=O) groups is 1. The third-order valence-corrected chi connectivity index (χ3v) is 2.63. The minimum absolute atomic E-state index is 0.00292. The molecule has 0 radical (unpaired) electrons. The highest BCUT2D eigenvalue weighted by molar-refractivity contribution is 6.53. The lowest BCUT2D eigenvalue weighted by atomic mass is 9.50. The number of hydrogen-bond acceptors (Lipinski definition) is 1. The molecule has 0 atom stereocenters. The van der Waals surface area contributed by atoms with E-state index in [0.717, 1.165) is 0 Å². The zero-order valence-corrected chi connectivity index (χ0v) is 9.64. The van der Waals surface area contributed by atoms with Crippen LogP contribution in [-0.4, -0.2) is 27.4 Å². The van der Waals surface area contributed by atoms with Crippen LogP contribution in [0.1, 0.15) is 16.8 Å². The maximum absolute atomic E-state index is 12.7. The van der Waals surface area contributed by atoms with Crippen LogP contribution in [0.3, 0.4) is 0 Å². The molecule has 0 spiro atoms. The fourth-order valence-corrected chi connectivity index (χ4v) is 1.81. The highest BCUT2D eigenvalue weighted by Gasteiger charge is 2.27. The highest BCUT2D eigenvalue weighted by Crippen LogP contribution is 2.27. The van der Waals surface area contributed by atoms with Gasteiger partial charge in [-0.2, -0.15) is 0 Å². The molecule has 1 rings (SSSR count). The molecule has 0 amide bonds. The third kappa shape index (κ3) is 3.10. The van der Waals surface area contributed by atoms with Crippen LogP contribution in [0, 0.1) is 5.82 Å². The van der Waals surface area contributed by atoms with Crippen molar-refractivity contribution >= 4 is 33.1 Å². The van der Waals surface area contributed by atoms with Crippen molar-refractivity contribution in [2.24, 2.45) is 0 Å². The van der Waals surface area contributed by atoms with Gasteiger partial charge in [0.1, 0.15) is 21.5 Å². The zero-order chi connectivity index (χ0) is 11.5. The molecular formula is C10H12B2ClFO. The Bertz CT molecular complexity index is 351. The SMILES string of the molecule is BC(B)(CCCl)C(=O)c1ccc(F)cc1. The Kier molecular flexibility index (Phi) is 3.97. The second kappa shape index (κ2) is 4.84. The Balaban J connectivity index is 2.89. The summed E-state index contributed by atoms with van der Waals surface area (Å²) in [5.74, 6) is 0.116. The van der Waals surface area contributed by atoms with Crippen molar-refractivity contribution in [3.8, 4) is 0 Å². The first kappa shape index (κ1) is 12.3. The first-order valence-corrected chi connectivity index (χ1v) is 5.37. The molecule has 0 fully saturated rings. The van der Waals surface area contributed by atoms with Gasteiger partial charge < -0.3 is 0 Å². The van der Waals surface area contributed by atoms with Gasteiger partial charge in [-0.15, -0.1) is 11.6 Å². The van der Waals surface area contributed by atoms with Crippen molar-refractivity contribution < 1.29 is 9.18 Å². The number of ketones is 1. The van der Waals surface area contributed by atoms with E-state index in [1.807, 2.05) is 15.7 Å². The Morgan fingerprint density at radius 1 is 1.33 bits per heavy atom. The maximum atomic E-state index is 12.7. The highest BCUT2D eigenvalue weighted by atomic mass is 35.5. The quantitative estimate of drug-likeness (QED) is 0.424. The van der Waals surface area contributed by atoms with Crippen LogP contribution in [0.2, 0.25) is 5.21 Å². The van der Waals surface area contributed by atoms with E-state index >= 15 is 0 Å². The normalized spacial score (nSPS) is 11.3. The molecule has 0 aliphatic carbocycles. The van der Waals surface area contributed by atoms with Crippen LogP contribution in [-0.2, 0) is 0 Å². The predicted molar refractivity (Wildman–Crippen MR) is 65.8 cm³/mol. The monoisotopic (exact) mass is 224 g/mol. The largest absolute Gasteiger partial charge is 0.295 e. The van der Waals surface area contributed by atoms with Gasteiger partial charge in [0, 0.05) is 11.4 Å². The van der Waals surface area contributed by atoms with E-state index in [1.54, 1.807) is 0 Å². The number of benzene rings is 1. The van der Waals surface area contributed by atoms with E-state index in [0.29, 0.717) is 17.9 Å². The number of Topliss-reactive ketones (excluding diaryl/α,β-unsaturated/α-hetero) is 1. The van der Waals surface area contributed by atoms with Crippen molar-refractivity contribution in [2.45, 2.75) is 11.6 Å². The number of carbonyl (C=O) groups excluding carboxylic acids is 1. The van der Waals surface area contributed by atoms with Gasteiger partial charge in [0.25, 0.3) is 0 Å². The first-order valence-electron chi connectivity index (χ1n) is 4.84. The zero-order valence-electron chi connectivity index (χ0n) is 8.89. The summed E-state index contributed by atoms with van der Waals surface area (Å²) in [6.45, 7) is 0. The van der Waals surface area contributed by atoms with Crippen molar-refractivity contribution in [3.05, 3.63) is 35.6 Å². The fraction of sp³-hybridized carbons (Fsp3) is 0.300. The van der Waals surface area contributed by atoms with Gasteiger partial charge in [-0.1, -0.05) is 0 Å². The van der Waals surface area contributed by atoms with E-state index < -0.39 is 5.21 Å². The van der Waals surface area contributed by atoms with E-state index in [9.17, 15) is 9.18 Å². The van der Waals surface area contributed by atoms with E-state index in [1.165, 1.54) is 24.3 Å². The molecule has 0 N–H and O–H groups in total. The van der Waals surface area contributed by atoms with Gasteiger partial charge >= 0.3 is 0 Å². The average Bonchev–Trinajstić information content (AvgIpc) is 2.18. The third-order valence-electron chi connectivity index (χ3n) is 2.44. The van der Waals surface area contributed by atoms with Crippen LogP contribution in [0.25, 0.3) is 0 Å². The van der Waals surface area contributed by atoms with Gasteiger partial charge in [-0.3, -0.25) is 4.79 Å². The summed E-state index contributed by atoms with van der Waals surface area (Å²) in [5.41, 5.74) is 0.534. The summed E-state index contributed by atoms with van der Waals surface area (Å²) in [6, 6.07) is 5.61. The fourth-order valence-electron chi connectivity index (χ4n) is 1.34. The van der Waals surface area contributed by atoms with Crippen molar-refractivity contribution in [3.63, 3.8) is 0 Å². The van der Waals surface area contributed by atoms with Crippen LogP contribution in [0.5, 0.6) is 0 Å². The van der Waals surface area contributed by atoms with Gasteiger partial charge in [-0.05, 0) is 35.9 Å². The number of hydrogen-bond donors (Lipinski definition) is 0. The molecule has 0 aromatic heterocycles. The lowest BCUT2D eigenvalue weighted by molar-refractivity contribution is 0.0967. The lowest BCUT2D eigenvalue weighted by Crippen LogP contribution is -2.25. The Hall–Kier alpha value is -0.760. The molecule has 78 valence electrons. The Morgan fingerprint density at radius 3 is 2.33 bits per heavy atom. The summed E-state index contributed by atoms with van der Waals surface area (Å²) in [6.07, 6.45) is 0.616. The van der Waals surface area contributed by atoms with E-state index in [2.05, 4.69) is 0 Å². The minimum atomic E-state index is -0.487. The summed E-state index contributed by atoms with van der Waals surface area (Å²) in [5, 5.41) is -0.487. The van der Waals surface area contributed by atoms with Crippen molar-refractivity contribution in [1.82, 2.24) is 0 Å². The Morgan fingerprint density at radius 2 is 1.87 bits per heavy atom. The molecule has 0 unspecified atom stereocenters. The molecule has 15 heavy (non-hydrogen) atoms. The molecule has 1 aromatic rings. The molecule has 1 aromatic carbocycles. The lowest BCUT2D eigenvalue weighted by Gasteiger charge is -2.21. The molecule has 0 aliphatic rings. The van der Waals surface area contributed by atoms with Gasteiger partial charge in [0.05, 0.1) is 0 Å². The molecule has 0 bridgehead atoms. The number of halogens is 2. The van der Waals surface area contributed by atoms with Gasteiger partial charge in [0.2, 0.25) is 0 Å². The molecule has 0 saturated carbocycles. The second-order valence-corrected chi connectivity index (χ2v) is 4.54. The van der Waals surface area contributed by atoms with Crippen LogP contribution < -0.4 is 0 Å². The molecule has 5 heteroatoms. The molecule has 0 saturated heterocycles. The number of alkyl halides is 1. The summed E-state index contributed by atoms with van der Waals surface area (Å²) < 4.78 is 12.7. The second-order valence-electron chi connectivity index (χ2n) is 4.16. The molecular weight excluding hydrogens is 212 g/mol. The van der Waals surface area contributed by atoms with Crippen molar-refractivity contribution in [2.75, 3.05) is 5.88 Å². The minimum Gasteiger partial charge on any atom is -0.295 e. The average molecular weight is 224 g/mol. The van der Waals surface area contributed by atoms with Gasteiger partial charge in [0.15, 0.2) is 5.78 Å².